The molecule has 1 aliphatic carbocycles. The predicted molar refractivity (Wildman–Crippen MR) is 87.2 cm³/mol. The number of fused-ring (bicyclic) bond motifs is 1. The summed E-state index contributed by atoms with van der Waals surface area (Å²) in [5.74, 6) is 0.572. The molecule has 0 bridgehead atoms. The lowest BCUT2D eigenvalue weighted by atomic mass is 9.82. The van der Waals surface area contributed by atoms with Crippen LogP contribution in [0.5, 0.6) is 5.75 Å². The van der Waals surface area contributed by atoms with Crippen molar-refractivity contribution in [2.75, 3.05) is 32.7 Å². The van der Waals surface area contributed by atoms with E-state index in [1.54, 1.807) is 0 Å². The zero-order valence-corrected chi connectivity index (χ0v) is 13.5. The number of phenolic OH excluding ortho intramolecular Hbond substituents is 1. The van der Waals surface area contributed by atoms with Gasteiger partial charge < -0.3 is 15.3 Å². The molecule has 0 amide bonds. The molecule has 0 radical (unpaired) electrons. The number of aromatic hydroxyl groups is 1. The molecule has 0 spiro atoms. The fraction of sp³-hybridized carbons (Fsp3) is 0.667. The molecule has 21 heavy (non-hydrogen) atoms. The molecule has 0 saturated carbocycles. The third-order valence-electron chi connectivity index (χ3n) is 5.35. The summed E-state index contributed by atoms with van der Waals surface area (Å²) in [6.45, 7) is 9.83. The minimum absolute atomic E-state index is 0.572. The van der Waals surface area contributed by atoms with E-state index >= 15 is 0 Å². The SMILES string of the molecule is Cc1c(O)c(CCN2CCNCC2)c(C)c2c1CCCC2. The Bertz CT molecular complexity index is 519. The Morgan fingerprint density at radius 1 is 1.00 bits per heavy atom. The van der Waals surface area contributed by atoms with Gasteiger partial charge in [-0.15, -0.1) is 0 Å². The van der Waals surface area contributed by atoms with Crippen LogP contribution < -0.4 is 5.32 Å². The van der Waals surface area contributed by atoms with Gasteiger partial charge in [0.25, 0.3) is 0 Å². The lowest BCUT2D eigenvalue weighted by Gasteiger charge is -2.29. The minimum atomic E-state index is 0.572. The Morgan fingerprint density at radius 3 is 2.29 bits per heavy atom. The molecule has 1 saturated heterocycles. The van der Waals surface area contributed by atoms with Crippen LogP contribution in [0.2, 0.25) is 0 Å². The molecule has 0 unspecified atom stereocenters. The van der Waals surface area contributed by atoms with Crippen LogP contribution in [0.3, 0.4) is 0 Å². The van der Waals surface area contributed by atoms with E-state index in [1.165, 1.54) is 41.5 Å². The lowest BCUT2D eigenvalue weighted by Crippen LogP contribution is -2.44. The molecular formula is C18H28N2O. The second-order valence-corrected chi connectivity index (χ2v) is 6.58. The molecule has 1 fully saturated rings. The molecular weight excluding hydrogens is 260 g/mol. The topological polar surface area (TPSA) is 35.5 Å². The number of phenols is 1. The zero-order valence-electron chi connectivity index (χ0n) is 13.5. The van der Waals surface area contributed by atoms with Crippen LogP contribution in [-0.2, 0) is 19.3 Å². The van der Waals surface area contributed by atoms with Gasteiger partial charge in [-0.1, -0.05) is 0 Å². The molecule has 1 aromatic carbocycles. The first kappa shape index (κ1) is 14.9. The maximum atomic E-state index is 10.6. The van der Waals surface area contributed by atoms with E-state index in [0.717, 1.165) is 51.1 Å². The Balaban J connectivity index is 1.82. The molecule has 1 aromatic rings. The second-order valence-electron chi connectivity index (χ2n) is 6.58. The number of nitrogens with zero attached hydrogens (tertiary/aromatic N) is 1. The molecule has 2 aliphatic rings. The van der Waals surface area contributed by atoms with Crippen LogP contribution in [0.25, 0.3) is 0 Å². The molecule has 116 valence electrons. The minimum Gasteiger partial charge on any atom is -0.507 e. The molecule has 0 atom stereocenters. The Morgan fingerprint density at radius 2 is 1.62 bits per heavy atom. The van der Waals surface area contributed by atoms with Gasteiger partial charge in [-0.05, 0) is 73.8 Å². The van der Waals surface area contributed by atoms with Crippen LogP contribution in [-0.4, -0.2) is 42.7 Å². The molecule has 3 nitrogen and oxygen atoms in total. The number of benzene rings is 1. The maximum Gasteiger partial charge on any atom is 0.122 e. The summed E-state index contributed by atoms with van der Waals surface area (Å²) in [6.07, 6.45) is 5.89. The van der Waals surface area contributed by atoms with Gasteiger partial charge >= 0.3 is 0 Å². The van der Waals surface area contributed by atoms with Gasteiger partial charge in [-0.25, -0.2) is 0 Å². The maximum absolute atomic E-state index is 10.6. The van der Waals surface area contributed by atoms with E-state index < -0.39 is 0 Å². The normalized spacial score (nSPS) is 19.5. The fourth-order valence-corrected chi connectivity index (χ4v) is 3.97. The first-order valence-electron chi connectivity index (χ1n) is 8.44. The van der Waals surface area contributed by atoms with E-state index in [-0.39, 0.29) is 0 Å². The highest BCUT2D eigenvalue weighted by Gasteiger charge is 2.21. The van der Waals surface area contributed by atoms with Crippen molar-refractivity contribution in [2.45, 2.75) is 46.0 Å². The Hall–Kier alpha value is -1.06. The molecule has 3 rings (SSSR count). The van der Waals surface area contributed by atoms with E-state index in [2.05, 4.69) is 24.1 Å². The van der Waals surface area contributed by atoms with Crippen LogP contribution in [0.15, 0.2) is 0 Å². The highest BCUT2D eigenvalue weighted by atomic mass is 16.3. The summed E-state index contributed by atoms with van der Waals surface area (Å²) in [6, 6.07) is 0. The highest BCUT2D eigenvalue weighted by molar-refractivity contribution is 5.55. The molecule has 3 heteroatoms. The van der Waals surface area contributed by atoms with Crippen molar-refractivity contribution < 1.29 is 5.11 Å². The van der Waals surface area contributed by atoms with Gasteiger partial charge in [-0.3, -0.25) is 0 Å². The van der Waals surface area contributed by atoms with Gasteiger partial charge in [0.1, 0.15) is 5.75 Å². The average molecular weight is 288 g/mol. The van der Waals surface area contributed by atoms with Crippen LogP contribution in [0.4, 0.5) is 0 Å². The number of hydrogen-bond acceptors (Lipinski definition) is 3. The van der Waals surface area contributed by atoms with E-state index in [4.69, 9.17) is 0 Å². The number of nitrogens with one attached hydrogen (secondary N) is 1. The summed E-state index contributed by atoms with van der Waals surface area (Å²) in [5.41, 5.74) is 6.68. The fourth-order valence-electron chi connectivity index (χ4n) is 3.97. The smallest absolute Gasteiger partial charge is 0.122 e. The molecule has 1 aliphatic heterocycles. The third kappa shape index (κ3) is 2.95. The lowest BCUT2D eigenvalue weighted by molar-refractivity contribution is 0.243. The summed E-state index contributed by atoms with van der Waals surface area (Å²) in [7, 11) is 0. The monoisotopic (exact) mass is 288 g/mol. The first-order valence-corrected chi connectivity index (χ1v) is 8.44. The van der Waals surface area contributed by atoms with Crippen LogP contribution in [0, 0.1) is 13.8 Å². The van der Waals surface area contributed by atoms with Gasteiger partial charge in [0, 0.05) is 32.7 Å². The van der Waals surface area contributed by atoms with Crippen molar-refractivity contribution in [3.8, 4) is 5.75 Å². The van der Waals surface area contributed by atoms with Crippen molar-refractivity contribution in [2.24, 2.45) is 0 Å². The number of hydrogen-bond donors (Lipinski definition) is 2. The molecule has 1 heterocycles. The highest BCUT2D eigenvalue weighted by Crippen LogP contribution is 2.36. The summed E-state index contributed by atoms with van der Waals surface area (Å²) in [4.78, 5) is 2.50. The Kier molecular flexibility index (Phi) is 4.51. The first-order chi connectivity index (χ1) is 10.2. The largest absolute Gasteiger partial charge is 0.507 e. The predicted octanol–water partition coefficient (Wildman–Crippen LogP) is 2.34. The zero-order chi connectivity index (χ0) is 14.8. The van der Waals surface area contributed by atoms with E-state index in [0.29, 0.717) is 5.75 Å². The van der Waals surface area contributed by atoms with Crippen molar-refractivity contribution in [1.29, 1.82) is 0 Å². The molecule has 0 aromatic heterocycles. The van der Waals surface area contributed by atoms with Gasteiger partial charge in [0.05, 0.1) is 0 Å². The van der Waals surface area contributed by atoms with Gasteiger partial charge in [0.15, 0.2) is 0 Å². The quantitative estimate of drug-likeness (QED) is 0.896. The Labute approximate surface area is 128 Å². The van der Waals surface area contributed by atoms with Crippen LogP contribution in [0.1, 0.15) is 40.7 Å². The third-order valence-corrected chi connectivity index (χ3v) is 5.35. The van der Waals surface area contributed by atoms with E-state index in [9.17, 15) is 5.11 Å². The number of rotatable bonds is 3. The van der Waals surface area contributed by atoms with Crippen molar-refractivity contribution in [3.63, 3.8) is 0 Å². The summed E-state index contributed by atoms with van der Waals surface area (Å²) in [5, 5.41) is 14.0. The van der Waals surface area contributed by atoms with E-state index in [1.807, 2.05) is 0 Å². The van der Waals surface area contributed by atoms with Gasteiger partial charge in [-0.2, -0.15) is 0 Å². The standard InChI is InChI=1S/C18H28N2O/c1-13-15-5-3-4-6-16(15)14(2)18(21)17(13)7-10-20-11-8-19-9-12-20/h19,21H,3-12H2,1-2H3. The molecule has 2 N–H and O–H groups in total. The van der Waals surface area contributed by atoms with Gasteiger partial charge in [0.2, 0.25) is 0 Å². The summed E-state index contributed by atoms with van der Waals surface area (Å²) < 4.78 is 0. The summed E-state index contributed by atoms with van der Waals surface area (Å²) >= 11 is 0. The second kappa shape index (κ2) is 6.37. The van der Waals surface area contributed by atoms with Crippen molar-refractivity contribution >= 4 is 0 Å². The average Bonchev–Trinajstić information content (AvgIpc) is 2.54. The number of piperazine rings is 1. The van der Waals surface area contributed by atoms with Crippen LogP contribution >= 0.6 is 0 Å². The van der Waals surface area contributed by atoms with Crippen molar-refractivity contribution in [3.05, 3.63) is 27.8 Å². The van der Waals surface area contributed by atoms with Crippen molar-refractivity contribution in [1.82, 2.24) is 10.2 Å².